The van der Waals surface area contributed by atoms with Crippen molar-refractivity contribution in [3.63, 3.8) is 0 Å². The zero-order valence-corrected chi connectivity index (χ0v) is 8.05. The number of carbonyl (C=O) groups is 1. The van der Waals surface area contributed by atoms with Crippen LogP contribution in [0.4, 0.5) is 0 Å². The first-order valence-electron chi connectivity index (χ1n) is 4.57. The van der Waals surface area contributed by atoms with Crippen molar-refractivity contribution in [2.75, 3.05) is 13.1 Å². The Labute approximate surface area is 81.7 Å². The summed E-state index contributed by atoms with van der Waals surface area (Å²) < 4.78 is 1.78. The summed E-state index contributed by atoms with van der Waals surface area (Å²) in [4.78, 5) is 12.7. The highest BCUT2D eigenvalue weighted by atomic mass is 16.2. The Morgan fingerprint density at radius 2 is 2.43 bits per heavy atom. The summed E-state index contributed by atoms with van der Waals surface area (Å²) in [7, 11) is 0. The Hall–Kier alpha value is -1.43. The van der Waals surface area contributed by atoms with Crippen LogP contribution in [0.5, 0.6) is 0 Å². The molecule has 1 fully saturated rings. The normalized spacial score (nSPS) is 16.9. The van der Waals surface area contributed by atoms with Crippen LogP contribution in [0.25, 0.3) is 0 Å². The Morgan fingerprint density at radius 3 is 2.93 bits per heavy atom. The van der Waals surface area contributed by atoms with Gasteiger partial charge >= 0.3 is 0 Å². The van der Waals surface area contributed by atoms with E-state index >= 15 is 0 Å². The highest BCUT2D eigenvalue weighted by molar-refractivity contribution is 5.74. The van der Waals surface area contributed by atoms with Gasteiger partial charge in [-0.3, -0.25) is 4.79 Å². The molecule has 0 unspecified atom stereocenters. The lowest BCUT2D eigenvalue weighted by molar-refractivity contribution is -0.134. The maximum atomic E-state index is 10.9. The zero-order valence-electron chi connectivity index (χ0n) is 8.05. The molecule has 1 aromatic rings. The number of likely N-dealkylation sites (tertiary alicyclic amines) is 1. The first-order valence-corrected chi connectivity index (χ1v) is 4.57. The minimum absolute atomic E-state index is 0.111. The van der Waals surface area contributed by atoms with E-state index in [0.717, 1.165) is 18.8 Å². The van der Waals surface area contributed by atoms with Gasteiger partial charge in [-0.1, -0.05) is 5.21 Å². The van der Waals surface area contributed by atoms with E-state index in [1.807, 2.05) is 6.20 Å². The average molecular weight is 195 g/mol. The van der Waals surface area contributed by atoms with Gasteiger partial charge in [0.1, 0.15) is 0 Å². The summed E-state index contributed by atoms with van der Waals surface area (Å²) in [5.41, 5.74) is 6.20. The summed E-state index contributed by atoms with van der Waals surface area (Å²) in [5, 5.41) is 7.84. The minimum Gasteiger partial charge on any atom is -0.339 e. The van der Waals surface area contributed by atoms with Crippen LogP contribution >= 0.6 is 0 Å². The molecule has 1 amide bonds. The topological polar surface area (TPSA) is 77.0 Å². The Balaban J connectivity index is 1.96. The van der Waals surface area contributed by atoms with Crippen LogP contribution in [0.15, 0.2) is 6.20 Å². The number of aromatic nitrogens is 3. The second-order valence-corrected chi connectivity index (χ2v) is 3.47. The quantitative estimate of drug-likeness (QED) is 0.666. The van der Waals surface area contributed by atoms with E-state index in [-0.39, 0.29) is 11.9 Å². The summed E-state index contributed by atoms with van der Waals surface area (Å²) >= 11 is 0. The summed E-state index contributed by atoms with van der Waals surface area (Å²) in [6.45, 7) is 3.43. The van der Waals surface area contributed by atoms with Gasteiger partial charge in [0.05, 0.1) is 17.9 Å². The van der Waals surface area contributed by atoms with Gasteiger partial charge in [0.15, 0.2) is 0 Å². The number of hydrogen-bond donors (Lipinski definition) is 1. The third-order valence-electron chi connectivity index (χ3n) is 2.45. The van der Waals surface area contributed by atoms with Gasteiger partial charge in [0, 0.05) is 26.6 Å². The van der Waals surface area contributed by atoms with Crippen molar-refractivity contribution in [2.24, 2.45) is 5.73 Å². The summed E-state index contributed by atoms with van der Waals surface area (Å²) in [6.07, 6.45) is 1.84. The van der Waals surface area contributed by atoms with Crippen molar-refractivity contribution < 1.29 is 4.79 Å². The van der Waals surface area contributed by atoms with Gasteiger partial charge < -0.3 is 10.6 Å². The van der Waals surface area contributed by atoms with E-state index in [2.05, 4.69) is 10.3 Å². The molecule has 0 aliphatic carbocycles. The summed E-state index contributed by atoms with van der Waals surface area (Å²) in [5.74, 6) is 0.111. The van der Waals surface area contributed by atoms with Crippen LogP contribution in [-0.4, -0.2) is 38.9 Å². The van der Waals surface area contributed by atoms with Gasteiger partial charge in [-0.15, -0.1) is 5.10 Å². The number of rotatable bonds is 2. The zero-order chi connectivity index (χ0) is 10.1. The SMILES string of the molecule is CC(=O)N1CC(n2cc(CN)nn2)C1. The highest BCUT2D eigenvalue weighted by Gasteiger charge is 2.30. The average Bonchev–Trinajstić information content (AvgIpc) is 2.49. The fourth-order valence-corrected chi connectivity index (χ4v) is 1.47. The van der Waals surface area contributed by atoms with Crippen LogP contribution in [-0.2, 0) is 11.3 Å². The molecule has 0 aromatic carbocycles. The molecule has 6 nitrogen and oxygen atoms in total. The van der Waals surface area contributed by atoms with Crippen LogP contribution in [0, 0.1) is 0 Å². The Bertz CT molecular complexity index is 341. The van der Waals surface area contributed by atoms with E-state index < -0.39 is 0 Å². The number of carbonyl (C=O) groups excluding carboxylic acids is 1. The van der Waals surface area contributed by atoms with Crippen molar-refractivity contribution in [1.82, 2.24) is 19.9 Å². The number of nitrogens with zero attached hydrogens (tertiary/aromatic N) is 4. The number of nitrogens with two attached hydrogens (primary N) is 1. The van der Waals surface area contributed by atoms with Crippen molar-refractivity contribution >= 4 is 5.91 Å². The first-order chi connectivity index (χ1) is 6.70. The minimum atomic E-state index is 0.111. The fourth-order valence-electron chi connectivity index (χ4n) is 1.47. The molecule has 1 aliphatic heterocycles. The molecule has 0 bridgehead atoms. The van der Waals surface area contributed by atoms with E-state index in [0.29, 0.717) is 6.54 Å². The number of hydrogen-bond acceptors (Lipinski definition) is 4. The van der Waals surface area contributed by atoms with E-state index in [1.54, 1.807) is 16.5 Å². The fraction of sp³-hybridized carbons (Fsp3) is 0.625. The predicted octanol–water partition coefficient (Wildman–Crippen LogP) is -0.860. The highest BCUT2D eigenvalue weighted by Crippen LogP contribution is 2.19. The van der Waals surface area contributed by atoms with Crippen molar-refractivity contribution in [2.45, 2.75) is 19.5 Å². The standard InChI is InChI=1S/C8H13N5O/c1-6(14)12-4-8(5-12)13-3-7(2-9)10-11-13/h3,8H,2,4-5,9H2,1H3. The predicted molar refractivity (Wildman–Crippen MR) is 49.2 cm³/mol. The van der Waals surface area contributed by atoms with Crippen LogP contribution in [0.1, 0.15) is 18.7 Å². The lowest BCUT2D eigenvalue weighted by Gasteiger charge is -2.38. The third kappa shape index (κ3) is 1.48. The first kappa shape index (κ1) is 9.14. The van der Waals surface area contributed by atoms with Crippen LogP contribution in [0.3, 0.4) is 0 Å². The maximum Gasteiger partial charge on any atom is 0.219 e. The van der Waals surface area contributed by atoms with Gasteiger partial charge in [-0.2, -0.15) is 0 Å². The van der Waals surface area contributed by atoms with Crippen molar-refractivity contribution in [1.29, 1.82) is 0 Å². The van der Waals surface area contributed by atoms with Gasteiger partial charge in [0.25, 0.3) is 0 Å². The lowest BCUT2D eigenvalue weighted by atomic mass is 10.1. The molecule has 2 rings (SSSR count). The maximum absolute atomic E-state index is 10.9. The molecule has 1 aromatic heterocycles. The van der Waals surface area contributed by atoms with Crippen molar-refractivity contribution in [3.8, 4) is 0 Å². The second-order valence-electron chi connectivity index (χ2n) is 3.47. The number of amides is 1. The Kier molecular flexibility index (Phi) is 2.20. The molecule has 0 atom stereocenters. The smallest absolute Gasteiger partial charge is 0.219 e. The van der Waals surface area contributed by atoms with Gasteiger partial charge in [0.2, 0.25) is 5.91 Å². The second kappa shape index (κ2) is 3.38. The van der Waals surface area contributed by atoms with Gasteiger partial charge in [-0.25, -0.2) is 4.68 Å². The van der Waals surface area contributed by atoms with Crippen LogP contribution < -0.4 is 5.73 Å². The van der Waals surface area contributed by atoms with Crippen molar-refractivity contribution in [3.05, 3.63) is 11.9 Å². The molecular weight excluding hydrogens is 182 g/mol. The van der Waals surface area contributed by atoms with Gasteiger partial charge in [-0.05, 0) is 0 Å². The van der Waals surface area contributed by atoms with E-state index in [9.17, 15) is 4.79 Å². The molecular formula is C8H13N5O. The molecule has 1 aliphatic rings. The molecule has 0 saturated carbocycles. The monoisotopic (exact) mass is 195 g/mol. The van der Waals surface area contributed by atoms with Crippen LogP contribution in [0.2, 0.25) is 0 Å². The lowest BCUT2D eigenvalue weighted by Crippen LogP contribution is -2.50. The third-order valence-corrected chi connectivity index (χ3v) is 2.45. The molecule has 14 heavy (non-hydrogen) atoms. The Morgan fingerprint density at radius 1 is 1.71 bits per heavy atom. The molecule has 1 saturated heterocycles. The van der Waals surface area contributed by atoms with E-state index in [1.165, 1.54) is 0 Å². The molecule has 2 heterocycles. The molecule has 76 valence electrons. The molecule has 2 N–H and O–H groups in total. The molecule has 0 spiro atoms. The molecule has 0 radical (unpaired) electrons. The largest absolute Gasteiger partial charge is 0.339 e. The van der Waals surface area contributed by atoms with E-state index in [4.69, 9.17) is 5.73 Å². The summed E-state index contributed by atoms with van der Waals surface area (Å²) in [6, 6.07) is 0.270. The molecule has 6 heteroatoms.